The largest absolute Gasteiger partial charge is 0.336 e. The normalized spacial score (nSPS) is 22.6. The van der Waals surface area contributed by atoms with Crippen molar-refractivity contribution in [1.29, 1.82) is 5.26 Å². The van der Waals surface area contributed by atoms with Gasteiger partial charge in [-0.2, -0.15) is 5.26 Å². The third-order valence-corrected chi connectivity index (χ3v) is 5.30. The van der Waals surface area contributed by atoms with Crippen molar-refractivity contribution in [2.24, 2.45) is 0 Å². The summed E-state index contributed by atoms with van der Waals surface area (Å²) < 4.78 is 0. The standard InChI is InChI=1S/C20H20N4O/c21-11-15-1-3-16(4-2-15)12-24-18-5-6-19(24)14-23(13-18)20(25)17-7-9-22-10-8-17/h1-4,7-10,18-19H,5-6,12-14H2. The minimum atomic E-state index is 0.109. The smallest absolute Gasteiger partial charge is 0.254 e. The van der Waals surface area contributed by atoms with Gasteiger partial charge in [0.2, 0.25) is 0 Å². The highest BCUT2D eigenvalue weighted by Crippen LogP contribution is 2.32. The molecular formula is C20H20N4O. The van der Waals surface area contributed by atoms with E-state index in [9.17, 15) is 4.79 Å². The lowest BCUT2D eigenvalue weighted by atomic mass is 10.1. The van der Waals surface area contributed by atoms with Crippen molar-refractivity contribution in [3.05, 3.63) is 65.5 Å². The van der Waals surface area contributed by atoms with Gasteiger partial charge in [0.25, 0.3) is 5.91 Å². The van der Waals surface area contributed by atoms with E-state index < -0.39 is 0 Å². The number of pyridine rings is 1. The molecule has 1 aromatic heterocycles. The van der Waals surface area contributed by atoms with Gasteiger partial charge in [-0.1, -0.05) is 12.1 Å². The Morgan fingerprint density at radius 3 is 2.32 bits per heavy atom. The number of nitrogens with zero attached hydrogens (tertiary/aromatic N) is 4. The molecule has 2 fully saturated rings. The number of nitriles is 1. The lowest BCUT2D eigenvalue weighted by Crippen LogP contribution is -2.54. The monoisotopic (exact) mass is 332 g/mol. The van der Waals surface area contributed by atoms with Crippen LogP contribution in [0.3, 0.4) is 0 Å². The fourth-order valence-corrected chi connectivity index (χ4v) is 3.99. The maximum absolute atomic E-state index is 12.7. The molecule has 126 valence electrons. The summed E-state index contributed by atoms with van der Waals surface area (Å²) in [6.45, 7) is 2.46. The molecule has 0 aliphatic carbocycles. The predicted molar refractivity (Wildman–Crippen MR) is 93.7 cm³/mol. The van der Waals surface area contributed by atoms with Gasteiger partial charge in [-0.05, 0) is 42.7 Å². The van der Waals surface area contributed by atoms with E-state index in [1.54, 1.807) is 24.5 Å². The van der Waals surface area contributed by atoms with E-state index in [1.807, 2.05) is 29.2 Å². The third-order valence-electron chi connectivity index (χ3n) is 5.30. The zero-order valence-corrected chi connectivity index (χ0v) is 14.0. The van der Waals surface area contributed by atoms with Crippen LogP contribution in [-0.4, -0.2) is 45.9 Å². The molecule has 2 saturated heterocycles. The third kappa shape index (κ3) is 3.13. The second-order valence-electron chi connectivity index (χ2n) is 6.81. The van der Waals surface area contributed by atoms with Gasteiger partial charge in [0, 0.05) is 49.7 Å². The first kappa shape index (κ1) is 15.8. The summed E-state index contributed by atoms with van der Waals surface area (Å²) >= 11 is 0. The van der Waals surface area contributed by atoms with Gasteiger partial charge in [-0.3, -0.25) is 14.7 Å². The number of piperazine rings is 1. The van der Waals surface area contributed by atoms with Gasteiger partial charge in [-0.25, -0.2) is 0 Å². The van der Waals surface area contributed by atoms with E-state index in [0.29, 0.717) is 17.6 Å². The zero-order valence-electron chi connectivity index (χ0n) is 14.0. The first-order chi connectivity index (χ1) is 12.2. The van der Waals surface area contributed by atoms with Crippen molar-refractivity contribution in [2.45, 2.75) is 31.5 Å². The molecule has 2 bridgehead atoms. The number of carbonyl (C=O) groups is 1. The maximum atomic E-state index is 12.7. The molecule has 2 aliphatic rings. The second kappa shape index (κ2) is 6.66. The van der Waals surface area contributed by atoms with Crippen LogP contribution in [-0.2, 0) is 6.54 Å². The van der Waals surface area contributed by atoms with Gasteiger partial charge in [0.05, 0.1) is 11.6 Å². The predicted octanol–water partition coefficient (Wildman–Crippen LogP) is 2.44. The van der Waals surface area contributed by atoms with Crippen LogP contribution in [0.1, 0.15) is 34.3 Å². The fourth-order valence-electron chi connectivity index (χ4n) is 3.99. The van der Waals surface area contributed by atoms with Gasteiger partial charge < -0.3 is 4.90 Å². The van der Waals surface area contributed by atoms with E-state index in [0.717, 1.165) is 38.0 Å². The Morgan fingerprint density at radius 2 is 1.72 bits per heavy atom. The van der Waals surface area contributed by atoms with E-state index in [4.69, 9.17) is 5.26 Å². The maximum Gasteiger partial charge on any atom is 0.254 e. The zero-order chi connectivity index (χ0) is 17.2. The lowest BCUT2D eigenvalue weighted by Gasteiger charge is -2.41. The molecule has 2 aromatic rings. The highest BCUT2D eigenvalue weighted by molar-refractivity contribution is 5.94. The molecule has 25 heavy (non-hydrogen) atoms. The topological polar surface area (TPSA) is 60.2 Å². The number of aromatic nitrogens is 1. The summed E-state index contributed by atoms with van der Waals surface area (Å²) in [5, 5.41) is 8.92. The molecule has 0 saturated carbocycles. The molecule has 4 rings (SSSR count). The Kier molecular flexibility index (Phi) is 4.21. The van der Waals surface area contributed by atoms with E-state index in [1.165, 1.54) is 5.56 Å². The molecular weight excluding hydrogens is 312 g/mol. The van der Waals surface area contributed by atoms with Crippen LogP contribution in [0, 0.1) is 11.3 Å². The van der Waals surface area contributed by atoms with Crippen LogP contribution >= 0.6 is 0 Å². The Morgan fingerprint density at radius 1 is 1.08 bits per heavy atom. The van der Waals surface area contributed by atoms with Gasteiger partial charge in [0.1, 0.15) is 0 Å². The molecule has 0 spiro atoms. The number of benzene rings is 1. The minimum Gasteiger partial charge on any atom is -0.336 e. The molecule has 1 aromatic carbocycles. The molecule has 5 heteroatoms. The van der Waals surface area contributed by atoms with E-state index >= 15 is 0 Å². The van der Waals surface area contributed by atoms with Crippen LogP contribution in [0.2, 0.25) is 0 Å². The van der Waals surface area contributed by atoms with Gasteiger partial charge >= 0.3 is 0 Å². The first-order valence-corrected chi connectivity index (χ1v) is 8.68. The lowest BCUT2D eigenvalue weighted by molar-refractivity contribution is 0.0423. The van der Waals surface area contributed by atoms with Gasteiger partial charge in [-0.15, -0.1) is 0 Å². The van der Waals surface area contributed by atoms with Crippen LogP contribution in [0.5, 0.6) is 0 Å². The fraction of sp³-hybridized carbons (Fsp3) is 0.350. The van der Waals surface area contributed by atoms with Gasteiger partial charge in [0.15, 0.2) is 0 Å². The van der Waals surface area contributed by atoms with Crippen LogP contribution in [0.4, 0.5) is 0 Å². The van der Waals surface area contributed by atoms with Crippen LogP contribution in [0.15, 0.2) is 48.8 Å². The Hall–Kier alpha value is -2.71. The Bertz CT molecular complexity index is 783. The van der Waals surface area contributed by atoms with Crippen molar-refractivity contribution in [1.82, 2.24) is 14.8 Å². The van der Waals surface area contributed by atoms with Crippen molar-refractivity contribution >= 4 is 5.91 Å². The first-order valence-electron chi connectivity index (χ1n) is 8.68. The quantitative estimate of drug-likeness (QED) is 0.866. The van der Waals surface area contributed by atoms with Crippen molar-refractivity contribution in [3.63, 3.8) is 0 Å². The molecule has 1 amide bonds. The van der Waals surface area contributed by atoms with Crippen molar-refractivity contribution < 1.29 is 4.79 Å². The number of likely N-dealkylation sites (tertiary alicyclic amines) is 1. The van der Waals surface area contributed by atoms with Crippen LogP contribution in [0.25, 0.3) is 0 Å². The Labute approximate surface area is 147 Å². The van der Waals surface area contributed by atoms with Crippen LogP contribution < -0.4 is 0 Å². The van der Waals surface area contributed by atoms with E-state index in [2.05, 4.69) is 16.0 Å². The number of hydrogen-bond acceptors (Lipinski definition) is 4. The molecule has 2 aliphatic heterocycles. The summed E-state index contributed by atoms with van der Waals surface area (Å²) in [4.78, 5) is 21.2. The molecule has 3 heterocycles. The highest BCUT2D eigenvalue weighted by atomic mass is 16.2. The Balaban J connectivity index is 1.45. The SMILES string of the molecule is N#Cc1ccc(CN2C3CCC2CN(C(=O)c2ccncc2)C3)cc1. The number of amides is 1. The summed E-state index contributed by atoms with van der Waals surface area (Å²) in [6, 6.07) is 14.4. The highest BCUT2D eigenvalue weighted by Gasteiger charge is 2.41. The number of carbonyl (C=O) groups excluding carboxylic acids is 1. The molecule has 0 N–H and O–H groups in total. The number of hydrogen-bond donors (Lipinski definition) is 0. The van der Waals surface area contributed by atoms with Crippen molar-refractivity contribution in [3.8, 4) is 6.07 Å². The summed E-state index contributed by atoms with van der Waals surface area (Å²) in [6.07, 6.45) is 5.62. The summed E-state index contributed by atoms with van der Waals surface area (Å²) in [5.74, 6) is 0.109. The summed E-state index contributed by atoms with van der Waals surface area (Å²) in [7, 11) is 0. The number of fused-ring (bicyclic) bond motifs is 2. The summed E-state index contributed by atoms with van der Waals surface area (Å²) in [5.41, 5.74) is 2.64. The minimum absolute atomic E-state index is 0.109. The molecule has 2 unspecified atom stereocenters. The second-order valence-corrected chi connectivity index (χ2v) is 6.81. The average Bonchev–Trinajstić information content (AvgIpc) is 2.90. The molecule has 5 nitrogen and oxygen atoms in total. The molecule has 2 atom stereocenters. The average molecular weight is 332 g/mol. The van der Waals surface area contributed by atoms with Crippen molar-refractivity contribution in [2.75, 3.05) is 13.1 Å². The van der Waals surface area contributed by atoms with E-state index in [-0.39, 0.29) is 5.91 Å². The number of rotatable bonds is 3. The molecule has 0 radical (unpaired) electrons.